The number of carbonyl (C=O) groups excluding carboxylic acids is 2. The highest BCUT2D eigenvalue weighted by Crippen LogP contribution is 2.30. The van der Waals surface area contributed by atoms with E-state index < -0.39 is 23.3 Å². The van der Waals surface area contributed by atoms with Gasteiger partial charge in [0.1, 0.15) is 0 Å². The maximum atomic E-state index is 12.9. The van der Waals surface area contributed by atoms with Gasteiger partial charge in [-0.2, -0.15) is 0 Å². The second kappa shape index (κ2) is 33.5. The Morgan fingerprint density at radius 3 is 1.14 bits per heavy atom. The summed E-state index contributed by atoms with van der Waals surface area (Å²) in [5.41, 5.74) is 5.55. The average molecular weight is 692 g/mol. The van der Waals surface area contributed by atoms with Crippen LogP contribution in [0.2, 0.25) is 0 Å². The van der Waals surface area contributed by atoms with Crippen molar-refractivity contribution in [2.24, 2.45) is 5.73 Å². The SMILES string of the molecule is CCCCCCCCC=CCCCCCCCC(=O)OC(CCO)(CC(C)(C)N)OC(=O)CCCCCCCC=CCCCCCCCC. The van der Waals surface area contributed by atoms with E-state index in [1.54, 1.807) is 0 Å². The van der Waals surface area contributed by atoms with Crippen LogP contribution in [0.15, 0.2) is 24.3 Å². The van der Waals surface area contributed by atoms with Crippen molar-refractivity contribution in [3.63, 3.8) is 0 Å². The lowest BCUT2D eigenvalue weighted by Crippen LogP contribution is -2.49. The Hall–Kier alpha value is -1.66. The molecule has 0 saturated carbocycles. The number of rotatable bonds is 36. The molecular formula is C43H81NO5. The number of unbranched alkanes of at least 4 members (excludes halogenated alkanes) is 22. The van der Waals surface area contributed by atoms with Crippen LogP contribution in [0.4, 0.5) is 0 Å². The molecule has 288 valence electrons. The first-order valence-electron chi connectivity index (χ1n) is 20.8. The summed E-state index contributed by atoms with van der Waals surface area (Å²) in [5, 5.41) is 9.83. The monoisotopic (exact) mass is 692 g/mol. The lowest BCUT2D eigenvalue weighted by molar-refractivity contribution is -0.239. The van der Waals surface area contributed by atoms with Crippen molar-refractivity contribution in [2.75, 3.05) is 6.61 Å². The molecule has 6 heteroatoms. The number of hydrogen-bond donors (Lipinski definition) is 2. The molecule has 0 radical (unpaired) electrons. The molecule has 49 heavy (non-hydrogen) atoms. The van der Waals surface area contributed by atoms with Gasteiger partial charge in [-0.25, -0.2) is 0 Å². The number of allylic oxidation sites excluding steroid dienone is 4. The van der Waals surface area contributed by atoms with Crippen molar-refractivity contribution < 1.29 is 24.2 Å². The van der Waals surface area contributed by atoms with Gasteiger partial charge in [0.05, 0.1) is 6.61 Å². The van der Waals surface area contributed by atoms with E-state index >= 15 is 0 Å². The van der Waals surface area contributed by atoms with Crippen molar-refractivity contribution in [1.82, 2.24) is 0 Å². The smallest absolute Gasteiger partial charge is 0.309 e. The summed E-state index contributed by atoms with van der Waals surface area (Å²) in [5.74, 6) is -2.33. The molecule has 0 amide bonds. The minimum Gasteiger partial charge on any atom is -0.422 e. The number of esters is 2. The van der Waals surface area contributed by atoms with Crippen molar-refractivity contribution in [3.8, 4) is 0 Å². The first-order valence-corrected chi connectivity index (χ1v) is 20.8. The number of carbonyl (C=O) groups is 2. The van der Waals surface area contributed by atoms with Crippen LogP contribution in [0.5, 0.6) is 0 Å². The summed E-state index contributed by atoms with van der Waals surface area (Å²) < 4.78 is 11.7. The van der Waals surface area contributed by atoms with E-state index in [0.717, 1.165) is 64.2 Å². The zero-order chi connectivity index (χ0) is 36.3. The first kappa shape index (κ1) is 47.3. The van der Waals surface area contributed by atoms with E-state index in [4.69, 9.17) is 15.2 Å². The highest BCUT2D eigenvalue weighted by atomic mass is 16.7. The summed E-state index contributed by atoms with van der Waals surface area (Å²) in [6.45, 7) is 7.88. The molecule has 6 nitrogen and oxygen atoms in total. The fourth-order valence-electron chi connectivity index (χ4n) is 6.35. The van der Waals surface area contributed by atoms with E-state index in [1.807, 2.05) is 13.8 Å². The zero-order valence-electron chi connectivity index (χ0n) is 32.9. The van der Waals surface area contributed by atoms with Gasteiger partial charge in [0, 0.05) is 31.2 Å². The van der Waals surface area contributed by atoms with Gasteiger partial charge in [0.15, 0.2) is 0 Å². The summed E-state index contributed by atoms with van der Waals surface area (Å²) >= 11 is 0. The molecule has 0 rings (SSSR count). The number of ether oxygens (including phenoxy) is 2. The molecule has 0 aromatic carbocycles. The highest BCUT2D eigenvalue weighted by Gasteiger charge is 2.42. The quantitative estimate of drug-likeness (QED) is 0.0294. The molecule has 0 unspecified atom stereocenters. The summed E-state index contributed by atoms with van der Waals surface area (Å²) in [7, 11) is 0. The minimum absolute atomic E-state index is 0.0177. The van der Waals surface area contributed by atoms with E-state index in [-0.39, 0.29) is 32.3 Å². The molecular weight excluding hydrogens is 610 g/mol. The standard InChI is InChI=1S/C43H81NO5/c1-5-7-9-11-13-15-17-19-21-23-25-27-29-31-33-35-40(46)48-43(37-38-45,39-42(3,4)44)49-41(47)36-34-32-30-28-26-24-22-20-18-16-14-12-10-8-6-2/h19-22,45H,5-18,23-39,44H2,1-4H3. The molecule has 0 aliphatic heterocycles. The van der Waals surface area contributed by atoms with E-state index in [9.17, 15) is 14.7 Å². The molecule has 0 aromatic heterocycles. The van der Waals surface area contributed by atoms with Crippen LogP contribution in [-0.4, -0.2) is 35.0 Å². The molecule has 0 aliphatic rings. The maximum absolute atomic E-state index is 12.9. The van der Waals surface area contributed by atoms with E-state index in [0.29, 0.717) is 0 Å². The second-order valence-corrected chi connectivity index (χ2v) is 15.2. The number of nitrogens with two attached hydrogens (primary N) is 1. The number of hydrogen-bond acceptors (Lipinski definition) is 6. The lowest BCUT2D eigenvalue weighted by Gasteiger charge is -2.37. The Bertz CT molecular complexity index is 762. The Morgan fingerprint density at radius 1 is 0.531 bits per heavy atom. The largest absolute Gasteiger partial charge is 0.422 e. The Balaban J connectivity index is 4.30. The Kier molecular flexibility index (Phi) is 32.3. The van der Waals surface area contributed by atoms with E-state index in [2.05, 4.69) is 38.2 Å². The number of aliphatic hydroxyl groups is 1. The van der Waals surface area contributed by atoms with Crippen LogP contribution in [0, 0.1) is 0 Å². The third-order valence-corrected chi connectivity index (χ3v) is 9.10. The maximum Gasteiger partial charge on any atom is 0.309 e. The van der Waals surface area contributed by atoms with E-state index in [1.165, 1.54) is 103 Å². The average Bonchev–Trinajstić information content (AvgIpc) is 3.04. The van der Waals surface area contributed by atoms with Gasteiger partial charge >= 0.3 is 11.9 Å². The number of aliphatic hydroxyl groups excluding tert-OH is 1. The molecule has 3 N–H and O–H groups in total. The predicted molar refractivity (Wildman–Crippen MR) is 208 cm³/mol. The van der Waals surface area contributed by atoms with Crippen LogP contribution in [-0.2, 0) is 19.1 Å². The molecule has 0 saturated heterocycles. The van der Waals surface area contributed by atoms with Crippen LogP contribution in [0.1, 0.15) is 220 Å². The summed E-state index contributed by atoms with van der Waals surface area (Å²) in [6, 6.07) is 0. The minimum atomic E-state index is -1.54. The Labute approximate surface area is 303 Å². The Morgan fingerprint density at radius 2 is 0.837 bits per heavy atom. The topological polar surface area (TPSA) is 98.8 Å². The van der Waals surface area contributed by atoms with Crippen molar-refractivity contribution in [3.05, 3.63) is 24.3 Å². The fourth-order valence-corrected chi connectivity index (χ4v) is 6.35. The second-order valence-electron chi connectivity index (χ2n) is 15.2. The van der Waals surface area contributed by atoms with Gasteiger partial charge in [0.2, 0.25) is 0 Å². The molecule has 0 fully saturated rings. The van der Waals surface area contributed by atoms with Crippen LogP contribution in [0.3, 0.4) is 0 Å². The molecule has 0 aromatic rings. The molecule has 0 heterocycles. The summed E-state index contributed by atoms with van der Waals surface area (Å²) in [4.78, 5) is 25.8. The van der Waals surface area contributed by atoms with Gasteiger partial charge in [-0.1, -0.05) is 141 Å². The fraction of sp³-hybridized carbons (Fsp3) is 0.860. The molecule has 0 atom stereocenters. The van der Waals surface area contributed by atoms with Gasteiger partial charge in [-0.3, -0.25) is 9.59 Å². The highest BCUT2D eigenvalue weighted by molar-refractivity contribution is 5.72. The third kappa shape index (κ3) is 33.3. The van der Waals surface area contributed by atoms with Crippen molar-refractivity contribution >= 4 is 11.9 Å². The lowest BCUT2D eigenvalue weighted by atomic mass is 9.93. The van der Waals surface area contributed by atoms with Crippen LogP contribution >= 0.6 is 0 Å². The van der Waals surface area contributed by atoms with Crippen molar-refractivity contribution in [1.29, 1.82) is 0 Å². The van der Waals surface area contributed by atoms with Gasteiger partial charge in [-0.05, 0) is 78.1 Å². The molecule has 0 aliphatic carbocycles. The summed E-state index contributed by atoms with van der Waals surface area (Å²) in [6.07, 6.45) is 41.0. The molecule has 0 bridgehead atoms. The van der Waals surface area contributed by atoms with Gasteiger partial charge < -0.3 is 20.3 Å². The normalized spacial score (nSPS) is 13.3. The zero-order valence-corrected chi connectivity index (χ0v) is 32.9. The van der Waals surface area contributed by atoms with Gasteiger partial charge in [-0.15, -0.1) is 0 Å². The van der Waals surface area contributed by atoms with Crippen LogP contribution < -0.4 is 5.73 Å². The van der Waals surface area contributed by atoms with Crippen LogP contribution in [0.25, 0.3) is 0 Å². The van der Waals surface area contributed by atoms with Crippen molar-refractivity contribution in [2.45, 2.75) is 232 Å². The van der Waals surface area contributed by atoms with Gasteiger partial charge in [0.25, 0.3) is 5.79 Å². The third-order valence-electron chi connectivity index (χ3n) is 9.10. The predicted octanol–water partition coefficient (Wildman–Crippen LogP) is 12.4. The first-order chi connectivity index (χ1) is 23.7. The molecule has 0 spiro atoms.